The van der Waals surface area contributed by atoms with Crippen LogP contribution in [-0.4, -0.2) is 12.5 Å². The third kappa shape index (κ3) is 18.1. The molecule has 1 amide bonds. The maximum atomic E-state index is 12.1. The predicted molar refractivity (Wildman–Crippen MR) is 165 cm³/mol. The van der Waals surface area contributed by atoms with E-state index in [0.717, 1.165) is 6.42 Å². The molecule has 0 heterocycles. The summed E-state index contributed by atoms with van der Waals surface area (Å²) in [4.78, 5) is 12.1. The highest BCUT2D eigenvalue weighted by atomic mass is 16.1. The van der Waals surface area contributed by atoms with Crippen molar-refractivity contribution in [1.82, 2.24) is 5.32 Å². The van der Waals surface area contributed by atoms with Gasteiger partial charge >= 0.3 is 0 Å². The maximum absolute atomic E-state index is 12.1. The molecular weight excluding hydrogens is 450 g/mol. The predicted octanol–water partition coefficient (Wildman–Crippen LogP) is 10.7. The molecule has 1 rings (SSSR count). The van der Waals surface area contributed by atoms with Gasteiger partial charge in [-0.15, -0.1) is 0 Å². The van der Waals surface area contributed by atoms with Gasteiger partial charge in [-0.1, -0.05) is 144 Å². The topological polar surface area (TPSA) is 29.1 Å². The summed E-state index contributed by atoms with van der Waals surface area (Å²) < 4.78 is 0. The van der Waals surface area contributed by atoms with Gasteiger partial charge in [0.15, 0.2) is 0 Å². The molecule has 1 atom stereocenters. The zero-order valence-electron chi connectivity index (χ0n) is 25.2. The molecule has 0 aliphatic heterocycles. The first-order valence-electron chi connectivity index (χ1n) is 15.6. The van der Waals surface area contributed by atoms with Crippen molar-refractivity contribution in [2.24, 2.45) is 5.92 Å². The van der Waals surface area contributed by atoms with Crippen LogP contribution in [0.3, 0.4) is 0 Å². The number of rotatable bonds is 20. The van der Waals surface area contributed by atoms with E-state index in [1.807, 2.05) is 0 Å². The van der Waals surface area contributed by atoms with Gasteiger partial charge in [0.25, 0.3) is 0 Å². The van der Waals surface area contributed by atoms with E-state index in [9.17, 15) is 4.79 Å². The van der Waals surface area contributed by atoms with Crippen LogP contribution in [0.25, 0.3) is 0 Å². The average molecular weight is 510 g/mol. The van der Waals surface area contributed by atoms with Crippen LogP contribution in [0.1, 0.15) is 144 Å². The molecule has 0 radical (unpaired) electrons. The fourth-order valence-electron chi connectivity index (χ4n) is 5.11. The summed E-state index contributed by atoms with van der Waals surface area (Å²) in [6, 6.07) is 0. The van der Waals surface area contributed by atoms with Crippen LogP contribution in [-0.2, 0) is 4.79 Å². The van der Waals surface area contributed by atoms with E-state index in [0.29, 0.717) is 18.9 Å². The zero-order valence-corrected chi connectivity index (χ0v) is 25.2. The largest absolute Gasteiger partial charge is 0.353 e. The number of unbranched alkanes of at least 4 members (excludes halogenated alkanes) is 12. The minimum absolute atomic E-state index is 0.179. The number of nitrogens with one attached hydrogen (secondary N) is 1. The van der Waals surface area contributed by atoms with E-state index >= 15 is 0 Å². The number of allylic oxidation sites excluding steroid dienone is 9. The van der Waals surface area contributed by atoms with E-state index < -0.39 is 0 Å². The summed E-state index contributed by atoms with van der Waals surface area (Å²) in [6.45, 7) is 11.8. The Balaban J connectivity index is 2.09. The van der Waals surface area contributed by atoms with Crippen molar-refractivity contribution in [3.8, 4) is 0 Å². The van der Waals surface area contributed by atoms with E-state index in [1.54, 1.807) is 5.57 Å². The average Bonchev–Trinajstić information content (AvgIpc) is 2.86. The Kier molecular flexibility index (Phi) is 19.9. The Morgan fingerprint density at radius 1 is 0.865 bits per heavy atom. The molecule has 1 unspecified atom stereocenters. The highest BCUT2D eigenvalue weighted by Gasteiger charge is 2.14. The summed E-state index contributed by atoms with van der Waals surface area (Å²) >= 11 is 0. The molecular formula is C35H59NO. The van der Waals surface area contributed by atoms with Gasteiger partial charge in [0.05, 0.1) is 0 Å². The number of hydrogen-bond acceptors (Lipinski definition) is 1. The molecule has 0 aromatic heterocycles. The van der Waals surface area contributed by atoms with E-state index in [2.05, 4.69) is 76.4 Å². The lowest BCUT2D eigenvalue weighted by Crippen LogP contribution is -2.22. The van der Waals surface area contributed by atoms with Gasteiger partial charge in [0.1, 0.15) is 0 Å². The number of carbonyl (C=O) groups excluding carboxylic acids is 1. The van der Waals surface area contributed by atoms with Crippen molar-refractivity contribution in [2.75, 3.05) is 6.54 Å². The summed E-state index contributed by atoms with van der Waals surface area (Å²) in [5, 5.41) is 3.04. The van der Waals surface area contributed by atoms with Crippen molar-refractivity contribution in [3.05, 3.63) is 58.7 Å². The molecule has 0 fully saturated rings. The van der Waals surface area contributed by atoms with Crippen molar-refractivity contribution < 1.29 is 4.79 Å². The Bertz CT molecular complexity index is 764. The van der Waals surface area contributed by atoms with Crippen LogP contribution in [0.15, 0.2) is 58.7 Å². The molecule has 1 aliphatic rings. The van der Waals surface area contributed by atoms with Crippen molar-refractivity contribution in [3.63, 3.8) is 0 Å². The molecule has 2 heteroatoms. The second-order valence-electron chi connectivity index (χ2n) is 11.4. The van der Waals surface area contributed by atoms with E-state index in [1.165, 1.54) is 113 Å². The van der Waals surface area contributed by atoms with Gasteiger partial charge in [-0.3, -0.25) is 4.79 Å². The minimum Gasteiger partial charge on any atom is -0.353 e. The van der Waals surface area contributed by atoms with Crippen LogP contribution < -0.4 is 5.32 Å². The first-order valence-corrected chi connectivity index (χ1v) is 15.6. The Labute approximate surface area is 230 Å². The summed E-state index contributed by atoms with van der Waals surface area (Å²) in [5.41, 5.74) is 5.50. The molecule has 37 heavy (non-hydrogen) atoms. The summed E-state index contributed by atoms with van der Waals surface area (Å²) in [6.07, 6.45) is 34.9. The Hall–Kier alpha value is -1.83. The van der Waals surface area contributed by atoms with Crippen molar-refractivity contribution in [1.29, 1.82) is 0 Å². The van der Waals surface area contributed by atoms with Gasteiger partial charge in [0, 0.05) is 13.0 Å². The highest BCUT2D eigenvalue weighted by molar-refractivity contribution is 5.75. The summed E-state index contributed by atoms with van der Waals surface area (Å²) in [5.74, 6) is 0.858. The maximum Gasteiger partial charge on any atom is 0.220 e. The molecule has 1 aliphatic carbocycles. The number of hydrogen-bond donors (Lipinski definition) is 1. The molecule has 2 nitrogen and oxygen atoms in total. The number of carbonyl (C=O) groups is 1. The van der Waals surface area contributed by atoms with Crippen molar-refractivity contribution >= 4 is 5.91 Å². The second-order valence-corrected chi connectivity index (χ2v) is 11.4. The monoisotopic (exact) mass is 509 g/mol. The number of amides is 1. The van der Waals surface area contributed by atoms with E-state index in [-0.39, 0.29) is 5.91 Å². The fraction of sp³-hybridized carbons (Fsp3) is 0.686. The lowest BCUT2D eigenvalue weighted by atomic mass is 9.84. The lowest BCUT2D eigenvalue weighted by Gasteiger charge is -2.22. The molecule has 0 aromatic carbocycles. The first-order chi connectivity index (χ1) is 17.9. The van der Waals surface area contributed by atoms with Crippen LogP contribution >= 0.6 is 0 Å². The molecule has 1 N–H and O–H groups in total. The molecule has 0 saturated heterocycles. The standard InChI is InChI=1S/C35H59NO/c1-6-7-8-9-10-11-12-13-14-15-16-17-18-25-35(37)36-29-28-31(3)22-19-21-30(2)26-27-34-32(4)23-20-24-33(34)5/h19,21-22,26-28,32H,6-18,20,23-25,29H2,1-5H3,(H,36,37)/b22-19+,27-26+,30-21+,31-28+. The van der Waals surface area contributed by atoms with Gasteiger partial charge in [-0.2, -0.15) is 0 Å². The highest BCUT2D eigenvalue weighted by Crippen LogP contribution is 2.30. The Morgan fingerprint density at radius 3 is 2.05 bits per heavy atom. The zero-order chi connectivity index (χ0) is 27.1. The van der Waals surface area contributed by atoms with Crippen LogP contribution in [0.5, 0.6) is 0 Å². The third-order valence-electron chi connectivity index (χ3n) is 7.69. The Morgan fingerprint density at radius 2 is 1.46 bits per heavy atom. The van der Waals surface area contributed by atoms with Gasteiger partial charge in [0.2, 0.25) is 5.91 Å². The molecule has 0 aromatic rings. The molecule has 0 spiro atoms. The SMILES string of the molecule is CCCCCCCCCCCCCCCC(=O)NC/C=C(C)/C=C/C=C(C)/C=C/C1=C(C)CCCC1C. The first kappa shape index (κ1) is 33.2. The van der Waals surface area contributed by atoms with Gasteiger partial charge in [-0.25, -0.2) is 0 Å². The third-order valence-corrected chi connectivity index (χ3v) is 7.69. The van der Waals surface area contributed by atoms with Gasteiger partial charge in [-0.05, 0) is 57.9 Å². The smallest absolute Gasteiger partial charge is 0.220 e. The quantitative estimate of drug-likeness (QED) is 0.128. The minimum atomic E-state index is 0.179. The molecule has 210 valence electrons. The van der Waals surface area contributed by atoms with Crippen LogP contribution in [0.2, 0.25) is 0 Å². The van der Waals surface area contributed by atoms with Crippen molar-refractivity contribution in [2.45, 2.75) is 144 Å². The lowest BCUT2D eigenvalue weighted by molar-refractivity contribution is -0.121. The molecule has 0 bridgehead atoms. The summed E-state index contributed by atoms with van der Waals surface area (Å²) in [7, 11) is 0. The molecule has 0 saturated carbocycles. The van der Waals surface area contributed by atoms with Crippen LogP contribution in [0, 0.1) is 5.92 Å². The fourth-order valence-corrected chi connectivity index (χ4v) is 5.11. The second kappa shape index (κ2) is 22.2. The van der Waals surface area contributed by atoms with Gasteiger partial charge < -0.3 is 5.32 Å². The van der Waals surface area contributed by atoms with E-state index in [4.69, 9.17) is 0 Å². The normalized spacial score (nSPS) is 17.4. The van der Waals surface area contributed by atoms with Crippen LogP contribution in [0.4, 0.5) is 0 Å².